The van der Waals surface area contributed by atoms with Crippen LogP contribution in [0.15, 0.2) is 53.7 Å². The number of pyridine rings is 1. The Morgan fingerprint density at radius 1 is 1.16 bits per heavy atom. The van der Waals surface area contributed by atoms with Crippen molar-refractivity contribution in [2.75, 3.05) is 26.7 Å². The van der Waals surface area contributed by atoms with Gasteiger partial charge >= 0.3 is 6.18 Å². The molecule has 9 heteroatoms. The van der Waals surface area contributed by atoms with Crippen LogP contribution in [0.3, 0.4) is 0 Å². The fourth-order valence-electron chi connectivity index (χ4n) is 3.48. The van der Waals surface area contributed by atoms with E-state index in [1.54, 1.807) is 19.2 Å². The quantitative estimate of drug-likeness (QED) is 0.516. The first-order valence-corrected chi connectivity index (χ1v) is 10.3. The maximum absolute atomic E-state index is 12.5. The predicted molar refractivity (Wildman–Crippen MR) is 114 cm³/mol. The molecule has 1 aliphatic rings. The van der Waals surface area contributed by atoms with Gasteiger partial charge in [0.2, 0.25) is 5.88 Å². The fraction of sp³-hybridized carbons (Fsp3) is 0.455. The molecule has 0 unspecified atom stereocenters. The van der Waals surface area contributed by atoms with E-state index >= 15 is 0 Å². The van der Waals surface area contributed by atoms with E-state index in [2.05, 4.69) is 49.8 Å². The first kappa shape index (κ1) is 22.9. The van der Waals surface area contributed by atoms with Crippen LogP contribution in [0, 0.1) is 0 Å². The second-order valence-electron chi connectivity index (χ2n) is 7.48. The fourth-order valence-corrected chi connectivity index (χ4v) is 3.48. The summed E-state index contributed by atoms with van der Waals surface area (Å²) in [6, 6.07) is 14.0. The molecule has 31 heavy (non-hydrogen) atoms. The minimum absolute atomic E-state index is 0.0306. The summed E-state index contributed by atoms with van der Waals surface area (Å²) < 4.78 is 42.2. The second kappa shape index (κ2) is 11.0. The number of benzene rings is 1. The molecule has 2 N–H and O–H groups in total. The SMILES string of the molecule is CN=C(NCc1cccnc1OCC(F)(F)F)NC1CCN(Cc2ccccc2)CC1. The molecule has 0 spiro atoms. The van der Waals surface area contributed by atoms with Gasteiger partial charge < -0.3 is 15.4 Å². The number of hydrogen-bond donors (Lipinski definition) is 2. The van der Waals surface area contributed by atoms with Crippen molar-refractivity contribution in [3.8, 4) is 5.88 Å². The van der Waals surface area contributed by atoms with Gasteiger partial charge in [0, 0.05) is 51.0 Å². The lowest BCUT2D eigenvalue weighted by Gasteiger charge is -2.33. The van der Waals surface area contributed by atoms with Crippen molar-refractivity contribution in [1.29, 1.82) is 0 Å². The number of nitrogens with one attached hydrogen (secondary N) is 2. The highest BCUT2D eigenvalue weighted by Crippen LogP contribution is 2.20. The third kappa shape index (κ3) is 7.75. The summed E-state index contributed by atoms with van der Waals surface area (Å²) in [5.74, 6) is 0.573. The third-order valence-corrected chi connectivity index (χ3v) is 5.07. The zero-order valence-corrected chi connectivity index (χ0v) is 17.5. The number of alkyl halides is 3. The Balaban J connectivity index is 1.45. The standard InChI is InChI=1S/C22H28F3N5O/c1-26-21(28-14-18-8-5-11-27-20(18)31-16-22(23,24)25)29-19-9-12-30(13-10-19)15-17-6-3-2-4-7-17/h2-8,11,19H,9-10,12-16H2,1H3,(H2,26,28,29). The number of guanidine groups is 1. The van der Waals surface area contributed by atoms with E-state index in [-0.39, 0.29) is 18.5 Å². The number of nitrogens with zero attached hydrogens (tertiary/aromatic N) is 3. The van der Waals surface area contributed by atoms with Crippen LogP contribution in [0.5, 0.6) is 5.88 Å². The van der Waals surface area contributed by atoms with Gasteiger partial charge in [-0.15, -0.1) is 0 Å². The van der Waals surface area contributed by atoms with Gasteiger partial charge in [0.1, 0.15) is 0 Å². The van der Waals surface area contributed by atoms with E-state index < -0.39 is 12.8 Å². The zero-order chi connectivity index (χ0) is 22.1. The minimum atomic E-state index is -4.41. The van der Waals surface area contributed by atoms with Gasteiger partial charge in [-0.3, -0.25) is 9.89 Å². The van der Waals surface area contributed by atoms with Crippen molar-refractivity contribution >= 4 is 5.96 Å². The number of ether oxygens (including phenoxy) is 1. The van der Waals surface area contributed by atoms with Crippen molar-refractivity contribution in [2.24, 2.45) is 4.99 Å². The van der Waals surface area contributed by atoms with Crippen LogP contribution in [0.4, 0.5) is 13.2 Å². The monoisotopic (exact) mass is 435 g/mol. The lowest BCUT2D eigenvalue weighted by molar-refractivity contribution is -0.154. The molecule has 1 fully saturated rings. The van der Waals surface area contributed by atoms with E-state index in [4.69, 9.17) is 4.74 Å². The molecule has 2 heterocycles. The number of aromatic nitrogens is 1. The first-order valence-electron chi connectivity index (χ1n) is 10.3. The Hall–Kier alpha value is -2.81. The number of halogens is 3. The van der Waals surface area contributed by atoms with Gasteiger partial charge in [0.15, 0.2) is 12.6 Å². The topological polar surface area (TPSA) is 61.8 Å². The molecule has 1 aliphatic heterocycles. The molecule has 0 amide bonds. The summed E-state index contributed by atoms with van der Waals surface area (Å²) >= 11 is 0. The molecule has 1 aromatic carbocycles. The zero-order valence-electron chi connectivity index (χ0n) is 17.5. The van der Waals surface area contributed by atoms with Gasteiger partial charge in [-0.05, 0) is 24.5 Å². The minimum Gasteiger partial charge on any atom is -0.468 e. The summed E-state index contributed by atoms with van der Waals surface area (Å²) in [5, 5.41) is 6.55. The van der Waals surface area contributed by atoms with Gasteiger partial charge in [0.25, 0.3) is 0 Å². The van der Waals surface area contributed by atoms with E-state index in [1.165, 1.54) is 11.8 Å². The third-order valence-electron chi connectivity index (χ3n) is 5.07. The smallest absolute Gasteiger partial charge is 0.422 e. The van der Waals surface area contributed by atoms with E-state index in [9.17, 15) is 13.2 Å². The summed E-state index contributed by atoms with van der Waals surface area (Å²) in [6.07, 6.45) is -1.03. The lowest BCUT2D eigenvalue weighted by atomic mass is 10.0. The summed E-state index contributed by atoms with van der Waals surface area (Å²) in [7, 11) is 1.67. The maximum atomic E-state index is 12.5. The molecule has 1 saturated heterocycles. The molecule has 0 saturated carbocycles. The highest BCUT2D eigenvalue weighted by Gasteiger charge is 2.29. The second-order valence-corrected chi connectivity index (χ2v) is 7.48. The molecule has 3 rings (SSSR count). The molecule has 168 valence electrons. The van der Waals surface area contributed by atoms with Crippen molar-refractivity contribution in [2.45, 2.75) is 38.1 Å². The molecule has 0 bridgehead atoms. The summed E-state index contributed by atoms with van der Waals surface area (Å²) in [5.41, 5.74) is 1.85. The Bertz CT molecular complexity index is 837. The van der Waals surface area contributed by atoms with E-state index in [1.807, 2.05) is 6.07 Å². The van der Waals surface area contributed by atoms with Crippen LogP contribution in [0.25, 0.3) is 0 Å². The van der Waals surface area contributed by atoms with Crippen LogP contribution in [0.2, 0.25) is 0 Å². The van der Waals surface area contributed by atoms with Crippen molar-refractivity contribution < 1.29 is 17.9 Å². The molecule has 2 aromatic rings. The molecular formula is C22H28F3N5O. The predicted octanol–water partition coefficient (Wildman–Crippen LogP) is 3.35. The number of aliphatic imine (C=N–C) groups is 1. The summed E-state index contributed by atoms with van der Waals surface area (Å²) in [6.45, 7) is 1.81. The van der Waals surface area contributed by atoms with Crippen LogP contribution in [-0.4, -0.2) is 54.8 Å². The van der Waals surface area contributed by atoms with Gasteiger partial charge in [-0.2, -0.15) is 13.2 Å². The summed E-state index contributed by atoms with van der Waals surface area (Å²) in [4.78, 5) is 10.6. The maximum Gasteiger partial charge on any atom is 0.422 e. The average molecular weight is 435 g/mol. The molecule has 6 nitrogen and oxygen atoms in total. The molecule has 0 atom stereocenters. The van der Waals surface area contributed by atoms with Gasteiger partial charge in [-0.25, -0.2) is 4.98 Å². The largest absolute Gasteiger partial charge is 0.468 e. The highest BCUT2D eigenvalue weighted by atomic mass is 19.4. The molecular weight excluding hydrogens is 407 g/mol. The first-order chi connectivity index (χ1) is 14.9. The number of likely N-dealkylation sites (tertiary alicyclic amines) is 1. The lowest BCUT2D eigenvalue weighted by Crippen LogP contribution is -2.48. The Labute approximate surface area is 180 Å². The normalized spacial score (nSPS) is 16.2. The number of piperidine rings is 1. The van der Waals surface area contributed by atoms with Gasteiger partial charge in [0.05, 0.1) is 0 Å². The van der Waals surface area contributed by atoms with Crippen molar-refractivity contribution in [3.63, 3.8) is 0 Å². The van der Waals surface area contributed by atoms with Crippen LogP contribution in [0.1, 0.15) is 24.0 Å². The Morgan fingerprint density at radius 2 is 1.90 bits per heavy atom. The van der Waals surface area contributed by atoms with Gasteiger partial charge in [-0.1, -0.05) is 36.4 Å². The molecule has 0 radical (unpaired) electrons. The van der Waals surface area contributed by atoms with Crippen molar-refractivity contribution in [3.05, 3.63) is 59.8 Å². The number of rotatable bonds is 7. The van der Waals surface area contributed by atoms with Crippen LogP contribution >= 0.6 is 0 Å². The Morgan fingerprint density at radius 3 is 2.58 bits per heavy atom. The van der Waals surface area contributed by atoms with Crippen molar-refractivity contribution in [1.82, 2.24) is 20.5 Å². The molecule has 0 aliphatic carbocycles. The highest BCUT2D eigenvalue weighted by molar-refractivity contribution is 5.80. The van der Waals surface area contributed by atoms with Crippen LogP contribution in [-0.2, 0) is 13.1 Å². The Kier molecular flexibility index (Phi) is 8.11. The number of hydrogen-bond acceptors (Lipinski definition) is 4. The van der Waals surface area contributed by atoms with Crippen LogP contribution < -0.4 is 15.4 Å². The van der Waals surface area contributed by atoms with E-state index in [0.29, 0.717) is 11.5 Å². The molecule has 1 aromatic heterocycles. The van der Waals surface area contributed by atoms with E-state index in [0.717, 1.165) is 32.5 Å². The average Bonchev–Trinajstić information content (AvgIpc) is 2.77.